The van der Waals surface area contributed by atoms with Gasteiger partial charge in [-0.25, -0.2) is 4.98 Å². The Labute approximate surface area is 113 Å². The average molecular weight is 282 g/mol. The van der Waals surface area contributed by atoms with E-state index in [4.69, 9.17) is 0 Å². The molecular weight excluding hydrogens is 269 g/mol. The lowest BCUT2D eigenvalue weighted by molar-refractivity contribution is -0.140. The molecule has 0 saturated carbocycles. The first kappa shape index (κ1) is 13.2. The minimum absolute atomic E-state index is 0.279. The van der Waals surface area contributed by atoms with E-state index in [0.717, 1.165) is 23.7 Å². The maximum absolute atomic E-state index is 12.7. The zero-order valence-corrected chi connectivity index (χ0v) is 10.8. The lowest BCUT2D eigenvalue weighted by Gasteiger charge is -2.06. The minimum atomic E-state index is -4.44. The summed E-state index contributed by atoms with van der Waals surface area (Å²) in [6.07, 6.45) is -2.53. The number of hydrogen-bond donors (Lipinski definition) is 1. The fourth-order valence-electron chi connectivity index (χ4n) is 2.61. The second-order valence-corrected chi connectivity index (χ2v) is 5.03. The highest BCUT2D eigenvalue weighted by Gasteiger charge is 2.34. The first-order valence-electron chi connectivity index (χ1n) is 6.28. The zero-order valence-electron chi connectivity index (χ0n) is 10.8. The topological polar surface area (TPSA) is 38.0 Å². The van der Waals surface area contributed by atoms with Crippen LogP contribution in [0.3, 0.4) is 0 Å². The van der Waals surface area contributed by atoms with Crippen LogP contribution in [0.5, 0.6) is 0 Å². The zero-order chi connectivity index (χ0) is 14.5. The number of aryl methyl sites for hydroxylation is 2. The summed E-state index contributed by atoms with van der Waals surface area (Å²) in [5.74, 6) is 0.279. The second kappa shape index (κ2) is 4.34. The summed E-state index contributed by atoms with van der Waals surface area (Å²) >= 11 is 0. The Hall–Kier alpha value is -1.82. The number of fused-ring (bicyclic) bond motifs is 1. The lowest BCUT2D eigenvalue weighted by atomic mass is 10.1. The van der Waals surface area contributed by atoms with Gasteiger partial charge in [-0.3, -0.25) is 0 Å². The van der Waals surface area contributed by atoms with Gasteiger partial charge >= 0.3 is 6.18 Å². The summed E-state index contributed by atoms with van der Waals surface area (Å²) < 4.78 is 39.3. The molecule has 1 heterocycles. The van der Waals surface area contributed by atoms with E-state index < -0.39 is 18.0 Å². The highest BCUT2D eigenvalue weighted by atomic mass is 19.4. The average Bonchev–Trinajstić information content (AvgIpc) is 2.93. The predicted octanol–water partition coefficient (Wildman–Crippen LogP) is 3.09. The van der Waals surface area contributed by atoms with E-state index in [9.17, 15) is 18.3 Å². The number of nitrogens with zero attached hydrogens (tertiary/aromatic N) is 2. The quantitative estimate of drug-likeness (QED) is 0.873. The van der Waals surface area contributed by atoms with Crippen LogP contribution in [0.4, 0.5) is 13.2 Å². The molecule has 0 bridgehead atoms. The fraction of sp³-hybridized carbons (Fsp3) is 0.357. The molecule has 0 radical (unpaired) electrons. The molecule has 1 aliphatic rings. The highest BCUT2D eigenvalue weighted by Crippen LogP contribution is 2.35. The third-order valence-electron chi connectivity index (χ3n) is 3.61. The Bertz CT molecular complexity index is 661. The predicted molar refractivity (Wildman–Crippen MR) is 66.9 cm³/mol. The van der Waals surface area contributed by atoms with Crippen LogP contribution in [0.1, 0.15) is 29.3 Å². The van der Waals surface area contributed by atoms with Gasteiger partial charge in [0, 0.05) is 18.8 Å². The Balaban J connectivity index is 2.04. The van der Waals surface area contributed by atoms with Crippen LogP contribution in [0, 0.1) is 0 Å². The van der Waals surface area contributed by atoms with E-state index in [1.54, 1.807) is 19.2 Å². The number of imidazole rings is 1. The molecule has 0 spiro atoms. The van der Waals surface area contributed by atoms with Gasteiger partial charge in [0.25, 0.3) is 0 Å². The monoisotopic (exact) mass is 282 g/mol. The Morgan fingerprint density at radius 1 is 1.35 bits per heavy atom. The van der Waals surface area contributed by atoms with Gasteiger partial charge < -0.3 is 9.67 Å². The van der Waals surface area contributed by atoms with Crippen molar-refractivity contribution in [1.82, 2.24) is 9.55 Å². The van der Waals surface area contributed by atoms with Crippen molar-refractivity contribution in [2.75, 3.05) is 0 Å². The van der Waals surface area contributed by atoms with Crippen molar-refractivity contribution in [2.24, 2.45) is 7.05 Å². The van der Waals surface area contributed by atoms with Crippen molar-refractivity contribution >= 4 is 0 Å². The van der Waals surface area contributed by atoms with Crippen LogP contribution in [-0.2, 0) is 19.6 Å². The summed E-state index contributed by atoms with van der Waals surface area (Å²) in [4.78, 5) is 3.67. The van der Waals surface area contributed by atoms with Crippen molar-refractivity contribution in [3.05, 3.63) is 41.2 Å². The van der Waals surface area contributed by atoms with Gasteiger partial charge in [0.1, 0.15) is 5.82 Å². The SMILES string of the molecule is Cn1cc(C(F)(F)F)nc1-c1ccc2c(c1)CCC2O. The maximum atomic E-state index is 12.7. The van der Waals surface area contributed by atoms with Crippen LogP contribution in [0.15, 0.2) is 24.4 Å². The third kappa shape index (κ3) is 2.10. The normalized spacial score (nSPS) is 18.4. The molecule has 0 fully saturated rings. The van der Waals surface area contributed by atoms with E-state index >= 15 is 0 Å². The molecule has 1 atom stereocenters. The number of rotatable bonds is 1. The van der Waals surface area contributed by atoms with Gasteiger partial charge in [-0.1, -0.05) is 12.1 Å². The van der Waals surface area contributed by atoms with E-state index in [0.29, 0.717) is 12.0 Å². The highest BCUT2D eigenvalue weighted by molar-refractivity contribution is 5.59. The van der Waals surface area contributed by atoms with Crippen molar-refractivity contribution in [2.45, 2.75) is 25.1 Å². The number of aliphatic hydroxyl groups excluding tert-OH is 1. The van der Waals surface area contributed by atoms with Crippen LogP contribution in [0.2, 0.25) is 0 Å². The molecule has 1 aliphatic carbocycles. The van der Waals surface area contributed by atoms with Crippen LogP contribution in [0.25, 0.3) is 11.4 Å². The van der Waals surface area contributed by atoms with E-state index in [1.807, 2.05) is 6.07 Å². The Kier molecular flexibility index (Phi) is 2.86. The summed E-state index contributed by atoms with van der Waals surface area (Å²) in [6, 6.07) is 5.29. The summed E-state index contributed by atoms with van der Waals surface area (Å²) in [7, 11) is 1.54. The van der Waals surface area contributed by atoms with Gasteiger partial charge in [-0.15, -0.1) is 0 Å². The van der Waals surface area contributed by atoms with Gasteiger partial charge in [0.05, 0.1) is 6.10 Å². The molecule has 0 aliphatic heterocycles. The molecule has 106 valence electrons. The van der Waals surface area contributed by atoms with E-state index in [2.05, 4.69) is 4.98 Å². The molecule has 1 N–H and O–H groups in total. The Morgan fingerprint density at radius 2 is 2.10 bits per heavy atom. The molecule has 20 heavy (non-hydrogen) atoms. The lowest BCUT2D eigenvalue weighted by Crippen LogP contribution is -2.04. The van der Waals surface area contributed by atoms with Crippen LogP contribution < -0.4 is 0 Å². The van der Waals surface area contributed by atoms with Crippen molar-refractivity contribution < 1.29 is 18.3 Å². The van der Waals surface area contributed by atoms with Gasteiger partial charge in [0.2, 0.25) is 0 Å². The molecule has 0 saturated heterocycles. The maximum Gasteiger partial charge on any atom is 0.434 e. The molecular formula is C14H13F3N2O. The first-order valence-corrected chi connectivity index (χ1v) is 6.28. The smallest absolute Gasteiger partial charge is 0.388 e. The van der Waals surface area contributed by atoms with Crippen LogP contribution in [-0.4, -0.2) is 14.7 Å². The van der Waals surface area contributed by atoms with Gasteiger partial charge in [0.15, 0.2) is 5.69 Å². The number of alkyl halides is 3. The summed E-state index contributed by atoms with van der Waals surface area (Å²) in [6.45, 7) is 0. The number of aromatic nitrogens is 2. The fourth-order valence-corrected chi connectivity index (χ4v) is 2.61. The number of halogens is 3. The number of hydrogen-bond acceptors (Lipinski definition) is 2. The molecule has 3 nitrogen and oxygen atoms in total. The largest absolute Gasteiger partial charge is 0.434 e. The standard InChI is InChI=1S/C14H13F3N2O/c1-19-7-12(14(15,16)17)18-13(19)9-2-4-10-8(6-9)3-5-11(10)20/h2,4,6-7,11,20H,3,5H2,1H3. The van der Waals surface area contributed by atoms with Crippen molar-refractivity contribution in [3.63, 3.8) is 0 Å². The first-order chi connectivity index (χ1) is 9.36. The summed E-state index contributed by atoms with van der Waals surface area (Å²) in [5, 5.41) is 9.74. The third-order valence-corrected chi connectivity index (χ3v) is 3.61. The van der Waals surface area contributed by atoms with Crippen molar-refractivity contribution in [3.8, 4) is 11.4 Å². The molecule has 2 aromatic rings. The summed E-state index contributed by atoms with van der Waals surface area (Å²) in [5.41, 5.74) is 1.58. The van der Waals surface area contributed by atoms with E-state index in [-0.39, 0.29) is 5.82 Å². The van der Waals surface area contributed by atoms with Crippen LogP contribution >= 0.6 is 0 Å². The van der Waals surface area contributed by atoms with E-state index in [1.165, 1.54) is 4.57 Å². The number of benzene rings is 1. The van der Waals surface area contributed by atoms with Gasteiger partial charge in [-0.2, -0.15) is 13.2 Å². The molecule has 1 aromatic heterocycles. The second-order valence-electron chi connectivity index (χ2n) is 5.03. The Morgan fingerprint density at radius 3 is 2.75 bits per heavy atom. The number of aliphatic hydroxyl groups is 1. The van der Waals surface area contributed by atoms with Crippen molar-refractivity contribution in [1.29, 1.82) is 0 Å². The molecule has 0 amide bonds. The van der Waals surface area contributed by atoms with Gasteiger partial charge in [-0.05, 0) is 30.0 Å². The molecule has 3 rings (SSSR count). The molecule has 1 unspecified atom stereocenters. The minimum Gasteiger partial charge on any atom is -0.388 e. The molecule has 6 heteroatoms. The molecule has 1 aromatic carbocycles.